The quantitative estimate of drug-likeness (QED) is 0.237. The first-order valence-corrected chi connectivity index (χ1v) is 14.8. The van der Waals surface area contributed by atoms with E-state index in [9.17, 15) is 14.7 Å². The van der Waals surface area contributed by atoms with Gasteiger partial charge in [-0.3, -0.25) is 14.9 Å². The average molecular weight is 588 g/mol. The number of phenolic OH excluding ortho intramolecular Hbond substituents is 1. The number of rotatable bonds is 7. The number of aromatic hydroxyl groups is 1. The summed E-state index contributed by atoms with van der Waals surface area (Å²) in [6.07, 6.45) is 0.483. The maximum absolute atomic E-state index is 11.8. The number of hydrogen-bond donors (Lipinski definition) is 2. The number of hydrogen-bond acceptors (Lipinski definition) is 7. The molecule has 5 rings (SSSR count). The summed E-state index contributed by atoms with van der Waals surface area (Å²) in [4.78, 5) is 28.0. The van der Waals surface area contributed by atoms with Crippen molar-refractivity contribution in [3.63, 3.8) is 0 Å². The third kappa shape index (κ3) is 6.26. The Bertz CT molecular complexity index is 1660. The molecule has 9 heteroatoms. The summed E-state index contributed by atoms with van der Waals surface area (Å²) in [6.45, 7) is 12.8. The molecule has 0 saturated carbocycles. The number of carbonyl (C=O) groups excluding carboxylic acids is 2. The van der Waals surface area contributed by atoms with Gasteiger partial charge in [0, 0.05) is 24.2 Å². The van der Waals surface area contributed by atoms with Gasteiger partial charge >= 0.3 is 0 Å². The summed E-state index contributed by atoms with van der Waals surface area (Å²) in [5, 5.41) is 12.4. The first-order valence-electron chi connectivity index (χ1n) is 13.9. The summed E-state index contributed by atoms with van der Waals surface area (Å²) in [5.74, 6) is 2.88. The van der Waals surface area contributed by atoms with E-state index in [1.165, 1.54) is 0 Å². The fourth-order valence-electron chi connectivity index (χ4n) is 4.99. The van der Waals surface area contributed by atoms with Gasteiger partial charge in [0.1, 0.15) is 35.4 Å². The van der Waals surface area contributed by atoms with Crippen molar-refractivity contribution >= 4 is 33.9 Å². The van der Waals surface area contributed by atoms with Crippen LogP contribution in [-0.2, 0) is 35.7 Å². The second-order valence-corrected chi connectivity index (χ2v) is 13.9. The van der Waals surface area contributed by atoms with Crippen molar-refractivity contribution in [2.45, 2.75) is 70.7 Å². The fraction of sp³-hybridized carbons (Fsp3) is 0.364. The van der Waals surface area contributed by atoms with Gasteiger partial charge in [0.25, 0.3) is 5.24 Å². The third-order valence-corrected chi connectivity index (χ3v) is 8.35. The highest BCUT2D eigenvalue weighted by Gasteiger charge is 2.31. The lowest BCUT2D eigenvalue weighted by molar-refractivity contribution is -0.118. The molecule has 220 valence electrons. The van der Waals surface area contributed by atoms with E-state index in [0.29, 0.717) is 17.9 Å². The number of aromatic nitrogens is 2. The molecule has 2 amide bonds. The highest BCUT2D eigenvalue weighted by atomic mass is 32.2. The molecule has 8 nitrogen and oxygen atoms in total. The lowest BCUT2D eigenvalue weighted by Gasteiger charge is -2.27. The van der Waals surface area contributed by atoms with Gasteiger partial charge in [-0.25, -0.2) is 4.98 Å². The summed E-state index contributed by atoms with van der Waals surface area (Å²) in [5.41, 5.74) is 3.98. The smallest absolute Gasteiger partial charge is 0.286 e. The topological polar surface area (TPSA) is 103 Å². The van der Waals surface area contributed by atoms with Crippen molar-refractivity contribution in [2.75, 3.05) is 0 Å². The average Bonchev–Trinajstić information content (AvgIpc) is 3.39. The standard InChI is InChI=1S/C33H37N3O5S/c1-32(2,3)22-17-27(23(16-26(22)37)33(4,5)6)41-21-12-13-24-25(15-21)36(7)29(34-24)18-40-20-10-8-19(9-11-20)14-28-30(38)35-31(39)42-28/h8-13,15-17,28,37H,14,18H2,1-7H3,(H,35,38,39). The molecule has 1 atom stereocenters. The molecular weight excluding hydrogens is 550 g/mol. The van der Waals surface area contributed by atoms with Crippen molar-refractivity contribution in [1.82, 2.24) is 14.9 Å². The largest absolute Gasteiger partial charge is 0.508 e. The van der Waals surface area contributed by atoms with Gasteiger partial charge in [-0.15, -0.1) is 0 Å². The number of nitrogens with one attached hydrogen (secondary N) is 1. The zero-order valence-electron chi connectivity index (χ0n) is 25.1. The Balaban J connectivity index is 1.32. The Morgan fingerprint density at radius 2 is 1.60 bits per heavy atom. The van der Waals surface area contributed by atoms with Crippen molar-refractivity contribution in [2.24, 2.45) is 7.05 Å². The van der Waals surface area contributed by atoms with Crippen LogP contribution in [0.3, 0.4) is 0 Å². The Morgan fingerprint density at radius 1 is 0.929 bits per heavy atom. The molecule has 0 aliphatic carbocycles. The van der Waals surface area contributed by atoms with E-state index < -0.39 is 5.25 Å². The number of imide groups is 1. The van der Waals surface area contributed by atoms with E-state index in [-0.39, 0.29) is 34.3 Å². The second-order valence-electron chi connectivity index (χ2n) is 12.7. The van der Waals surface area contributed by atoms with Crippen LogP contribution < -0.4 is 14.8 Å². The molecule has 1 unspecified atom stereocenters. The molecule has 0 spiro atoms. The van der Waals surface area contributed by atoms with Crippen LogP contribution in [0.15, 0.2) is 54.6 Å². The van der Waals surface area contributed by atoms with Crippen LogP contribution in [0, 0.1) is 0 Å². The fourth-order valence-corrected chi connectivity index (χ4v) is 5.85. The normalized spacial score (nSPS) is 15.7. The minimum Gasteiger partial charge on any atom is -0.508 e. The number of fused-ring (bicyclic) bond motifs is 1. The SMILES string of the molecule is Cn1c(COc2ccc(CC3SC(=O)NC3=O)cc2)nc2ccc(Oc3cc(C(C)(C)C)c(O)cc3C(C)(C)C)cc21. The van der Waals surface area contributed by atoms with Gasteiger partial charge in [0.15, 0.2) is 0 Å². The molecule has 1 aliphatic rings. The van der Waals surface area contributed by atoms with Crippen LogP contribution in [0.25, 0.3) is 11.0 Å². The molecule has 1 fully saturated rings. The number of thioether (sulfide) groups is 1. The highest BCUT2D eigenvalue weighted by molar-refractivity contribution is 8.15. The van der Waals surface area contributed by atoms with Crippen molar-refractivity contribution in [3.05, 3.63) is 77.1 Å². The molecular formula is C33H37N3O5S. The van der Waals surface area contributed by atoms with Crippen LogP contribution >= 0.6 is 11.8 Å². The molecule has 3 aromatic carbocycles. The highest BCUT2D eigenvalue weighted by Crippen LogP contribution is 2.42. The lowest BCUT2D eigenvalue weighted by Crippen LogP contribution is -2.25. The summed E-state index contributed by atoms with van der Waals surface area (Å²) in [7, 11) is 1.95. The first-order chi connectivity index (χ1) is 19.7. The first kappa shape index (κ1) is 29.5. The molecule has 0 radical (unpaired) electrons. The number of ether oxygens (including phenoxy) is 2. The maximum Gasteiger partial charge on any atom is 0.286 e. The number of benzene rings is 3. The van der Waals surface area contributed by atoms with Crippen molar-refractivity contribution < 1.29 is 24.2 Å². The molecule has 0 bridgehead atoms. The minimum atomic E-state index is -0.396. The van der Waals surface area contributed by atoms with E-state index in [4.69, 9.17) is 14.5 Å². The lowest BCUT2D eigenvalue weighted by atomic mass is 9.81. The van der Waals surface area contributed by atoms with E-state index in [2.05, 4.69) is 46.9 Å². The van der Waals surface area contributed by atoms with Crippen LogP contribution in [0.5, 0.6) is 23.0 Å². The molecule has 42 heavy (non-hydrogen) atoms. The maximum atomic E-state index is 11.8. The van der Waals surface area contributed by atoms with Crippen molar-refractivity contribution in [1.29, 1.82) is 0 Å². The second kappa shape index (κ2) is 11.0. The summed E-state index contributed by atoms with van der Waals surface area (Å²) < 4.78 is 14.5. The molecule has 4 aromatic rings. The predicted molar refractivity (Wildman–Crippen MR) is 166 cm³/mol. The van der Waals surface area contributed by atoms with E-state index in [1.807, 2.05) is 66.2 Å². The predicted octanol–water partition coefficient (Wildman–Crippen LogP) is 7.14. The van der Waals surface area contributed by atoms with Crippen molar-refractivity contribution in [3.8, 4) is 23.0 Å². The number of imidazole rings is 1. The van der Waals surface area contributed by atoms with Crippen LogP contribution in [-0.4, -0.2) is 31.1 Å². The molecule has 1 aromatic heterocycles. The monoisotopic (exact) mass is 587 g/mol. The molecule has 2 heterocycles. The number of phenols is 1. The number of amides is 2. The number of nitrogens with zero attached hydrogens (tertiary/aromatic N) is 2. The summed E-state index contributed by atoms with van der Waals surface area (Å²) >= 11 is 1.03. The van der Waals surface area contributed by atoms with Crippen LogP contribution in [0.1, 0.15) is 64.1 Å². The van der Waals surface area contributed by atoms with Gasteiger partial charge in [-0.1, -0.05) is 65.4 Å². The zero-order valence-corrected chi connectivity index (χ0v) is 25.9. The Kier molecular flexibility index (Phi) is 7.74. The number of aryl methyl sites for hydroxylation is 1. The third-order valence-electron chi connectivity index (χ3n) is 7.37. The molecule has 1 saturated heterocycles. The van der Waals surface area contributed by atoms with Gasteiger partial charge in [-0.05, 0) is 59.2 Å². The van der Waals surface area contributed by atoms with E-state index >= 15 is 0 Å². The van der Waals surface area contributed by atoms with E-state index in [1.54, 1.807) is 0 Å². The Labute approximate surface area is 250 Å². The van der Waals surface area contributed by atoms with Gasteiger partial charge in [0.05, 0.1) is 16.3 Å². The molecule has 1 aliphatic heterocycles. The minimum absolute atomic E-state index is 0.230. The van der Waals surface area contributed by atoms with E-state index in [0.717, 1.165) is 51.1 Å². The molecule has 2 N–H and O–H groups in total. The van der Waals surface area contributed by atoms with Gasteiger partial charge < -0.3 is 19.1 Å². The van der Waals surface area contributed by atoms with Crippen LogP contribution in [0.4, 0.5) is 4.79 Å². The van der Waals surface area contributed by atoms with Gasteiger partial charge in [0.2, 0.25) is 5.91 Å². The summed E-state index contributed by atoms with van der Waals surface area (Å²) in [6, 6.07) is 17.1. The number of carbonyl (C=O) groups is 2. The Morgan fingerprint density at radius 3 is 2.21 bits per heavy atom. The zero-order chi connectivity index (χ0) is 30.4. The van der Waals surface area contributed by atoms with Crippen LogP contribution in [0.2, 0.25) is 0 Å². The van der Waals surface area contributed by atoms with Gasteiger partial charge in [-0.2, -0.15) is 0 Å². The Hall–Kier alpha value is -3.98.